The number of aliphatic hydroxyl groups excluding tert-OH is 1. The largest absolute Gasteiger partial charge is 0.396 e. The van der Waals surface area contributed by atoms with Crippen LogP contribution in [0.4, 0.5) is 0 Å². The van der Waals surface area contributed by atoms with Crippen molar-refractivity contribution in [3.8, 4) is 0 Å². The topological polar surface area (TPSA) is 20.2 Å². The molecule has 0 aromatic carbocycles. The van der Waals surface area contributed by atoms with Crippen molar-refractivity contribution >= 4 is 0 Å². The van der Waals surface area contributed by atoms with E-state index in [4.69, 9.17) is 5.11 Å². The molecule has 1 nitrogen and oxygen atoms in total. The first kappa shape index (κ1) is 7.70. The van der Waals surface area contributed by atoms with Crippen molar-refractivity contribution in [3.05, 3.63) is 12.7 Å². The minimum Gasteiger partial charge on any atom is -0.396 e. The Bertz CT molecular complexity index is 59.4. The van der Waals surface area contributed by atoms with E-state index in [1.165, 1.54) is 0 Å². The molecule has 0 spiro atoms. The molecule has 0 saturated heterocycles. The van der Waals surface area contributed by atoms with Crippen LogP contribution in [0, 0.1) is 5.92 Å². The molecule has 48 valence electrons. The summed E-state index contributed by atoms with van der Waals surface area (Å²) in [7, 11) is 0. The molecule has 0 aliphatic rings. The molecule has 0 aliphatic heterocycles. The van der Waals surface area contributed by atoms with Crippen LogP contribution in [-0.4, -0.2) is 11.7 Å². The number of aliphatic hydroxyl groups is 1. The van der Waals surface area contributed by atoms with E-state index >= 15 is 0 Å². The highest BCUT2D eigenvalue weighted by Gasteiger charge is 1.94. The van der Waals surface area contributed by atoms with Gasteiger partial charge in [-0.25, -0.2) is 0 Å². The molecule has 0 amide bonds. The maximum atomic E-state index is 8.53. The summed E-state index contributed by atoms with van der Waals surface area (Å²) in [5.41, 5.74) is 0. The van der Waals surface area contributed by atoms with Crippen molar-refractivity contribution < 1.29 is 5.11 Å². The second-order valence-electron chi connectivity index (χ2n) is 2.15. The molecule has 0 saturated carbocycles. The van der Waals surface area contributed by atoms with E-state index in [9.17, 15) is 0 Å². The molecular weight excluding hydrogens is 100 g/mol. The van der Waals surface area contributed by atoms with Gasteiger partial charge in [-0.3, -0.25) is 0 Å². The highest BCUT2D eigenvalue weighted by molar-refractivity contribution is 4.67. The van der Waals surface area contributed by atoms with E-state index in [-0.39, 0.29) is 0 Å². The molecule has 0 rings (SSSR count). The Morgan fingerprint density at radius 2 is 2.38 bits per heavy atom. The summed E-state index contributed by atoms with van der Waals surface area (Å²) in [6, 6.07) is 0. The van der Waals surface area contributed by atoms with Crippen molar-refractivity contribution in [2.24, 2.45) is 5.92 Å². The van der Waals surface area contributed by atoms with Gasteiger partial charge >= 0.3 is 0 Å². The number of hydrogen-bond donors (Lipinski definition) is 1. The van der Waals surface area contributed by atoms with Crippen LogP contribution < -0.4 is 0 Å². The third-order valence-electron chi connectivity index (χ3n) is 1.18. The lowest BCUT2D eigenvalue weighted by Gasteiger charge is -2.02. The van der Waals surface area contributed by atoms with Gasteiger partial charge in [-0.05, 0) is 18.8 Å². The highest BCUT2D eigenvalue weighted by atomic mass is 16.3. The van der Waals surface area contributed by atoms with Crippen LogP contribution >= 0.6 is 0 Å². The minimum atomic E-state index is 0.299. The van der Waals surface area contributed by atoms with Gasteiger partial charge in [0.1, 0.15) is 0 Å². The number of rotatable bonds is 4. The van der Waals surface area contributed by atoms with Crippen molar-refractivity contribution in [3.63, 3.8) is 0 Å². The van der Waals surface area contributed by atoms with Gasteiger partial charge in [-0.15, -0.1) is 6.58 Å². The maximum Gasteiger partial charge on any atom is 0.0456 e. The Morgan fingerprint density at radius 1 is 1.75 bits per heavy atom. The summed E-state index contributed by atoms with van der Waals surface area (Å²) in [5, 5.41) is 8.53. The molecule has 0 aliphatic carbocycles. The average Bonchev–Trinajstić information content (AvgIpc) is 1.83. The monoisotopic (exact) mass is 114 g/mol. The maximum absolute atomic E-state index is 8.53. The van der Waals surface area contributed by atoms with Gasteiger partial charge in [0.05, 0.1) is 0 Å². The molecule has 0 heterocycles. The van der Waals surface area contributed by atoms with E-state index < -0.39 is 0 Å². The van der Waals surface area contributed by atoms with Crippen molar-refractivity contribution in [2.75, 3.05) is 6.61 Å². The Kier molecular flexibility index (Phi) is 4.67. The molecule has 0 bridgehead atoms. The molecule has 0 aromatic rings. The summed E-state index contributed by atoms with van der Waals surface area (Å²) in [5.74, 6) is 0.438. The number of hydrogen-bond acceptors (Lipinski definition) is 1. The van der Waals surface area contributed by atoms with Crippen molar-refractivity contribution in [1.29, 1.82) is 0 Å². The van der Waals surface area contributed by atoms with Crippen LogP contribution in [0.15, 0.2) is 12.7 Å². The van der Waals surface area contributed by atoms with Crippen LogP contribution in [-0.2, 0) is 0 Å². The normalized spacial score (nSPS) is 13.2. The summed E-state index contributed by atoms with van der Waals surface area (Å²) < 4.78 is 0. The molecular formula is C7H14O. The fraction of sp³-hybridized carbons (Fsp3) is 0.714. The Labute approximate surface area is 51.0 Å². The molecule has 1 heteroatoms. The fourth-order valence-corrected chi connectivity index (χ4v) is 0.494. The van der Waals surface area contributed by atoms with E-state index in [1.54, 1.807) is 0 Å². The van der Waals surface area contributed by atoms with E-state index in [0.29, 0.717) is 12.5 Å². The zero-order valence-corrected chi connectivity index (χ0v) is 5.43. The smallest absolute Gasteiger partial charge is 0.0456 e. The first-order valence-corrected chi connectivity index (χ1v) is 3.03. The molecule has 0 radical (unpaired) electrons. The summed E-state index contributed by atoms with van der Waals surface area (Å²) in [4.78, 5) is 0. The molecule has 0 fully saturated rings. The molecule has 1 atom stereocenters. The van der Waals surface area contributed by atoms with Gasteiger partial charge in [0.15, 0.2) is 0 Å². The molecule has 8 heavy (non-hydrogen) atoms. The fourth-order valence-electron chi connectivity index (χ4n) is 0.494. The van der Waals surface area contributed by atoms with Crippen molar-refractivity contribution in [1.82, 2.24) is 0 Å². The summed E-state index contributed by atoms with van der Waals surface area (Å²) >= 11 is 0. The van der Waals surface area contributed by atoms with Gasteiger partial charge < -0.3 is 5.11 Å². The van der Waals surface area contributed by atoms with Crippen molar-refractivity contribution in [2.45, 2.75) is 19.8 Å². The first-order chi connectivity index (χ1) is 3.81. The predicted octanol–water partition coefficient (Wildman–Crippen LogP) is 1.58. The Morgan fingerprint density at radius 3 is 2.75 bits per heavy atom. The standard InChI is InChI=1S/C7H14O/c1-3-4-5-7(2)6-8/h3,7-8H,1,4-6H2,2H3. The van der Waals surface area contributed by atoms with E-state index in [2.05, 4.69) is 6.58 Å². The van der Waals surface area contributed by atoms with Gasteiger partial charge in [-0.2, -0.15) is 0 Å². The Balaban J connectivity index is 2.97. The summed E-state index contributed by atoms with van der Waals surface area (Å²) in [6.07, 6.45) is 3.95. The predicted molar refractivity (Wildman–Crippen MR) is 35.7 cm³/mol. The van der Waals surface area contributed by atoms with Gasteiger partial charge in [0, 0.05) is 6.61 Å². The molecule has 1 N–H and O–H groups in total. The Hall–Kier alpha value is -0.300. The highest BCUT2D eigenvalue weighted by Crippen LogP contribution is 2.02. The van der Waals surface area contributed by atoms with Gasteiger partial charge in [0.25, 0.3) is 0 Å². The quantitative estimate of drug-likeness (QED) is 0.550. The second kappa shape index (κ2) is 4.85. The zero-order chi connectivity index (χ0) is 6.41. The minimum absolute atomic E-state index is 0.299. The van der Waals surface area contributed by atoms with E-state index in [1.807, 2.05) is 13.0 Å². The third-order valence-corrected chi connectivity index (χ3v) is 1.18. The first-order valence-electron chi connectivity index (χ1n) is 3.03. The van der Waals surface area contributed by atoms with Crippen LogP contribution in [0.2, 0.25) is 0 Å². The van der Waals surface area contributed by atoms with Gasteiger partial charge in [0.2, 0.25) is 0 Å². The SMILES string of the molecule is C=CCCC(C)CO. The van der Waals surface area contributed by atoms with Crippen LogP contribution in [0.1, 0.15) is 19.8 Å². The van der Waals surface area contributed by atoms with Crippen LogP contribution in [0.5, 0.6) is 0 Å². The van der Waals surface area contributed by atoms with E-state index in [0.717, 1.165) is 12.8 Å². The summed E-state index contributed by atoms with van der Waals surface area (Å²) in [6.45, 7) is 5.92. The average molecular weight is 114 g/mol. The zero-order valence-electron chi connectivity index (χ0n) is 5.43. The van der Waals surface area contributed by atoms with Crippen LogP contribution in [0.3, 0.4) is 0 Å². The lowest BCUT2D eigenvalue weighted by atomic mass is 10.1. The lowest BCUT2D eigenvalue weighted by Crippen LogP contribution is -1.98. The molecule has 0 aromatic heterocycles. The lowest BCUT2D eigenvalue weighted by molar-refractivity contribution is 0.231. The molecule has 1 unspecified atom stereocenters. The van der Waals surface area contributed by atoms with Crippen LogP contribution in [0.25, 0.3) is 0 Å². The second-order valence-corrected chi connectivity index (χ2v) is 2.15. The van der Waals surface area contributed by atoms with Gasteiger partial charge in [-0.1, -0.05) is 13.0 Å². The third kappa shape index (κ3) is 3.88. The number of allylic oxidation sites excluding steroid dienone is 1.